The van der Waals surface area contributed by atoms with Crippen LogP contribution in [0.5, 0.6) is 11.5 Å². The Labute approximate surface area is 182 Å². The van der Waals surface area contributed by atoms with Gasteiger partial charge in [-0.1, -0.05) is 37.5 Å². The van der Waals surface area contributed by atoms with Crippen molar-refractivity contribution in [2.75, 3.05) is 16.9 Å². The number of hydrogen-bond acceptors (Lipinski definition) is 4. The number of hydrogen-bond donors (Lipinski definition) is 2. The SMILES string of the molecule is O=C(C1CCCCC1)N1CN=C(Nc2ccc(Oc3ccccc3)cc2)c2cc[nH]c21. The molecule has 1 amide bonds. The number of ether oxygens (including phenoxy) is 1. The van der Waals surface area contributed by atoms with Crippen molar-refractivity contribution in [2.24, 2.45) is 10.9 Å². The zero-order valence-electron chi connectivity index (χ0n) is 17.4. The first-order valence-corrected chi connectivity index (χ1v) is 10.9. The van der Waals surface area contributed by atoms with Crippen molar-refractivity contribution in [1.82, 2.24) is 4.98 Å². The monoisotopic (exact) mass is 414 g/mol. The van der Waals surface area contributed by atoms with Gasteiger partial charge in [0.1, 0.15) is 29.8 Å². The zero-order valence-corrected chi connectivity index (χ0v) is 17.4. The summed E-state index contributed by atoms with van der Waals surface area (Å²) in [6.07, 6.45) is 7.35. The minimum atomic E-state index is 0.117. The second-order valence-corrected chi connectivity index (χ2v) is 8.05. The van der Waals surface area contributed by atoms with Crippen molar-refractivity contribution < 1.29 is 9.53 Å². The minimum Gasteiger partial charge on any atom is -0.457 e. The summed E-state index contributed by atoms with van der Waals surface area (Å²) in [5, 5.41) is 3.39. The van der Waals surface area contributed by atoms with E-state index in [1.165, 1.54) is 6.42 Å². The van der Waals surface area contributed by atoms with Crippen LogP contribution in [0, 0.1) is 5.92 Å². The van der Waals surface area contributed by atoms with E-state index in [1.54, 1.807) is 4.90 Å². The molecule has 6 heteroatoms. The molecule has 0 bridgehead atoms. The van der Waals surface area contributed by atoms with Gasteiger partial charge in [0.25, 0.3) is 0 Å². The maximum atomic E-state index is 13.1. The van der Waals surface area contributed by atoms with Gasteiger partial charge in [0.15, 0.2) is 0 Å². The third-order valence-electron chi connectivity index (χ3n) is 5.94. The molecule has 1 aromatic heterocycles. The van der Waals surface area contributed by atoms with Gasteiger partial charge in [-0.05, 0) is 55.3 Å². The summed E-state index contributed by atoms with van der Waals surface area (Å²) >= 11 is 0. The fourth-order valence-electron chi connectivity index (χ4n) is 4.30. The number of rotatable bonds is 4. The molecule has 5 rings (SSSR count). The molecule has 0 spiro atoms. The first kappa shape index (κ1) is 19.4. The quantitative estimate of drug-likeness (QED) is 0.588. The zero-order chi connectivity index (χ0) is 21.0. The number of benzene rings is 2. The maximum absolute atomic E-state index is 13.1. The Balaban J connectivity index is 1.28. The first-order valence-electron chi connectivity index (χ1n) is 10.9. The molecule has 1 aliphatic carbocycles. The number of fused-ring (bicyclic) bond motifs is 1. The van der Waals surface area contributed by atoms with Crippen molar-refractivity contribution in [3.8, 4) is 11.5 Å². The van der Waals surface area contributed by atoms with Gasteiger partial charge in [-0.3, -0.25) is 9.69 Å². The first-order chi connectivity index (χ1) is 15.3. The molecule has 0 unspecified atom stereocenters. The van der Waals surface area contributed by atoms with E-state index in [9.17, 15) is 4.79 Å². The van der Waals surface area contributed by atoms with Crippen LogP contribution in [0.1, 0.15) is 37.7 Å². The van der Waals surface area contributed by atoms with E-state index in [4.69, 9.17) is 4.74 Å². The van der Waals surface area contributed by atoms with Crippen molar-refractivity contribution in [2.45, 2.75) is 32.1 Å². The third kappa shape index (κ3) is 4.19. The summed E-state index contributed by atoms with van der Waals surface area (Å²) in [6, 6.07) is 19.5. The molecule has 2 aromatic carbocycles. The van der Waals surface area contributed by atoms with Crippen LogP contribution < -0.4 is 15.0 Å². The summed E-state index contributed by atoms with van der Waals surface area (Å²) < 4.78 is 5.86. The van der Waals surface area contributed by atoms with Gasteiger partial charge in [-0.15, -0.1) is 0 Å². The Bertz CT molecular complexity index is 1070. The summed E-state index contributed by atoms with van der Waals surface area (Å²) in [4.78, 5) is 22.8. The molecule has 0 saturated heterocycles. The molecule has 1 saturated carbocycles. The normalized spacial score (nSPS) is 16.4. The molecule has 3 aromatic rings. The third-order valence-corrected chi connectivity index (χ3v) is 5.94. The number of nitrogens with zero attached hydrogens (tertiary/aromatic N) is 2. The number of carbonyl (C=O) groups is 1. The standard InChI is InChI=1S/C25H26N4O2/c30-25(18-7-3-1-4-8-18)29-17-27-23(22-15-16-26-24(22)29)28-19-11-13-21(14-12-19)31-20-9-5-2-6-10-20/h2,5-6,9-16,18,26H,1,3-4,7-8,17H2,(H,27,28). The van der Waals surface area contributed by atoms with Gasteiger partial charge < -0.3 is 15.0 Å². The molecule has 0 radical (unpaired) electrons. The summed E-state index contributed by atoms with van der Waals surface area (Å²) in [7, 11) is 0. The van der Waals surface area contributed by atoms with Gasteiger partial charge in [0.2, 0.25) is 5.91 Å². The van der Waals surface area contributed by atoms with Gasteiger partial charge in [-0.25, -0.2) is 4.99 Å². The van der Waals surface area contributed by atoms with Crippen LogP contribution in [-0.4, -0.2) is 23.4 Å². The smallest absolute Gasteiger partial charge is 0.232 e. The summed E-state index contributed by atoms with van der Waals surface area (Å²) in [5.41, 5.74) is 1.83. The van der Waals surface area contributed by atoms with Gasteiger partial charge in [-0.2, -0.15) is 0 Å². The van der Waals surface area contributed by atoms with Crippen LogP contribution in [0.4, 0.5) is 11.5 Å². The molecule has 31 heavy (non-hydrogen) atoms. The lowest BCUT2D eigenvalue weighted by atomic mass is 9.88. The number of anilines is 2. The molecule has 1 fully saturated rings. The van der Waals surface area contributed by atoms with E-state index in [-0.39, 0.29) is 11.8 Å². The number of para-hydroxylation sites is 1. The average Bonchev–Trinajstić information content (AvgIpc) is 3.32. The maximum Gasteiger partial charge on any atom is 0.232 e. The predicted octanol–water partition coefficient (Wildman–Crippen LogP) is 5.55. The Hall–Kier alpha value is -3.54. The fraction of sp³-hybridized carbons (Fsp3) is 0.280. The lowest BCUT2D eigenvalue weighted by Crippen LogP contribution is -2.41. The molecule has 1 aliphatic heterocycles. The Morgan fingerprint density at radius 2 is 1.71 bits per heavy atom. The van der Waals surface area contributed by atoms with Crippen molar-refractivity contribution in [1.29, 1.82) is 0 Å². The van der Waals surface area contributed by atoms with Gasteiger partial charge in [0.05, 0.1) is 5.56 Å². The number of H-pyrrole nitrogens is 1. The molecular formula is C25H26N4O2. The van der Waals surface area contributed by atoms with Crippen LogP contribution in [0.25, 0.3) is 0 Å². The van der Waals surface area contributed by atoms with E-state index in [2.05, 4.69) is 15.3 Å². The number of aromatic nitrogens is 1. The van der Waals surface area contributed by atoms with E-state index in [0.717, 1.165) is 60.1 Å². The molecule has 2 heterocycles. The number of amidine groups is 1. The highest BCUT2D eigenvalue weighted by molar-refractivity contribution is 6.14. The number of carbonyl (C=O) groups excluding carboxylic acids is 1. The van der Waals surface area contributed by atoms with Crippen molar-refractivity contribution >= 4 is 23.2 Å². The van der Waals surface area contributed by atoms with Crippen LogP contribution in [-0.2, 0) is 4.79 Å². The van der Waals surface area contributed by atoms with Crippen LogP contribution in [0.15, 0.2) is 71.9 Å². The van der Waals surface area contributed by atoms with E-state index >= 15 is 0 Å². The highest BCUT2D eigenvalue weighted by atomic mass is 16.5. The second kappa shape index (κ2) is 8.68. The second-order valence-electron chi connectivity index (χ2n) is 8.05. The van der Waals surface area contributed by atoms with Crippen LogP contribution in [0.2, 0.25) is 0 Å². The fourth-order valence-corrected chi connectivity index (χ4v) is 4.30. The lowest BCUT2D eigenvalue weighted by Gasteiger charge is -2.30. The highest BCUT2D eigenvalue weighted by Crippen LogP contribution is 2.31. The molecule has 158 valence electrons. The van der Waals surface area contributed by atoms with Crippen LogP contribution in [0.3, 0.4) is 0 Å². The largest absolute Gasteiger partial charge is 0.457 e. The van der Waals surface area contributed by atoms with E-state index < -0.39 is 0 Å². The Kier molecular flexibility index (Phi) is 5.44. The topological polar surface area (TPSA) is 69.7 Å². The minimum absolute atomic E-state index is 0.117. The Morgan fingerprint density at radius 3 is 2.48 bits per heavy atom. The molecule has 0 atom stereocenters. The molecule has 6 nitrogen and oxygen atoms in total. The molecular weight excluding hydrogens is 388 g/mol. The van der Waals surface area contributed by atoms with E-state index in [1.807, 2.05) is 66.9 Å². The van der Waals surface area contributed by atoms with Crippen molar-refractivity contribution in [3.63, 3.8) is 0 Å². The van der Waals surface area contributed by atoms with Gasteiger partial charge in [0, 0.05) is 17.8 Å². The molecule has 2 aliphatic rings. The lowest BCUT2D eigenvalue weighted by molar-refractivity contribution is -0.123. The average molecular weight is 415 g/mol. The Morgan fingerprint density at radius 1 is 0.968 bits per heavy atom. The predicted molar refractivity (Wildman–Crippen MR) is 123 cm³/mol. The number of aromatic amines is 1. The number of aliphatic imine (C=N–C) groups is 1. The van der Waals surface area contributed by atoms with Crippen LogP contribution >= 0.6 is 0 Å². The summed E-state index contributed by atoms with van der Waals surface area (Å²) in [5.74, 6) is 3.48. The van der Waals surface area contributed by atoms with Crippen molar-refractivity contribution in [3.05, 3.63) is 72.4 Å². The molecule has 2 N–H and O–H groups in total. The number of amides is 1. The summed E-state index contributed by atoms with van der Waals surface area (Å²) in [6.45, 7) is 0.334. The highest BCUT2D eigenvalue weighted by Gasteiger charge is 2.31. The van der Waals surface area contributed by atoms with Gasteiger partial charge >= 0.3 is 0 Å². The number of nitrogens with one attached hydrogen (secondary N) is 2. The van der Waals surface area contributed by atoms with E-state index in [0.29, 0.717) is 6.67 Å².